The third-order valence-corrected chi connectivity index (χ3v) is 7.79. The zero-order valence-electron chi connectivity index (χ0n) is 24.8. The standard InChI is InChI=1S/C31H33N11O3/c1-44-30-36-15-22(16-37-30)20-5-10-27(34-13-20)42(31(43)38-17-24-4-2-3-11-33-24)26-8-6-23(7-9-26)40-29-35-14-21(12-32)28(41-29)39-25-18-45-19-25/h2-5,10-11,13-16,23,25-26H,6-9,17-19H2,1H3,(H,38,43)(H2,35,39,40,41). The molecule has 5 heterocycles. The van der Waals surface area contributed by atoms with Gasteiger partial charge >= 0.3 is 12.0 Å². The van der Waals surface area contributed by atoms with Crippen LogP contribution < -0.4 is 25.6 Å². The molecule has 4 aromatic rings. The van der Waals surface area contributed by atoms with E-state index in [4.69, 9.17) is 9.47 Å². The third kappa shape index (κ3) is 7.22. The minimum atomic E-state index is -0.240. The number of pyridine rings is 2. The molecule has 45 heavy (non-hydrogen) atoms. The molecule has 4 aromatic heterocycles. The Balaban J connectivity index is 1.15. The molecule has 14 heteroatoms. The second-order valence-corrected chi connectivity index (χ2v) is 10.8. The molecule has 0 aromatic carbocycles. The smallest absolute Gasteiger partial charge is 0.323 e. The minimum absolute atomic E-state index is 0.0767. The molecule has 1 saturated heterocycles. The van der Waals surface area contributed by atoms with Gasteiger partial charge in [-0.05, 0) is 49.9 Å². The molecular formula is C31H33N11O3. The highest BCUT2D eigenvalue weighted by atomic mass is 16.5. The number of urea groups is 1. The molecule has 6 rings (SSSR count). The van der Waals surface area contributed by atoms with Crippen molar-refractivity contribution in [3.05, 3.63) is 72.6 Å². The van der Waals surface area contributed by atoms with Crippen molar-refractivity contribution in [1.29, 1.82) is 5.26 Å². The Bertz CT molecular complexity index is 1620. The number of nitriles is 1. The summed E-state index contributed by atoms with van der Waals surface area (Å²) in [6.07, 6.45) is 11.4. The van der Waals surface area contributed by atoms with Crippen LogP contribution in [0.3, 0.4) is 0 Å². The van der Waals surface area contributed by atoms with Crippen LogP contribution in [0.25, 0.3) is 11.1 Å². The maximum absolute atomic E-state index is 13.7. The predicted octanol–water partition coefficient (Wildman–Crippen LogP) is 3.55. The van der Waals surface area contributed by atoms with Crippen molar-refractivity contribution in [3.8, 4) is 23.2 Å². The highest BCUT2D eigenvalue weighted by Crippen LogP contribution is 2.30. The van der Waals surface area contributed by atoms with Gasteiger partial charge in [-0.15, -0.1) is 0 Å². The van der Waals surface area contributed by atoms with Gasteiger partial charge in [0.1, 0.15) is 23.3 Å². The number of carbonyl (C=O) groups excluding carboxylic acids is 1. The van der Waals surface area contributed by atoms with Crippen LogP contribution in [0.4, 0.5) is 22.4 Å². The summed E-state index contributed by atoms with van der Waals surface area (Å²) in [4.78, 5) is 41.7. The molecule has 0 spiro atoms. The quantitative estimate of drug-likeness (QED) is 0.239. The molecule has 2 amide bonds. The van der Waals surface area contributed by atoms with Gasteiger partial charge in [-0.2, -0.15) is 10.2 Å². The number of hydrogen-bond donors (Lipinski definition) is 3. The Morgan fingerprint density at radius 3 is 2.40 bits per heavy atom. The minimum Gasteiger partial charge on any atom is -0.467 e. The Kier molecular flexibility index (Phi) is 9.16. The first-order chi connectivity index (χ1) is 22.1. The van der Waals surface area contributed by atoms with Crippen LogP contribution in [0.2, 0.25) is 0 Å². The summed E-state index contributed by atoms with van der Waals surface area (Å²) in [6.45, 7) is 1.47. The van der Waals surface area contributed by atoms with Gasteiger partial charge in [0, 0.05) is 48.0 Å². The number of rotatable bonds is 10. The number of hydrogen-bond acceptors (Lipinski definition) is 12. The van der Waals surface area contributed by atoms with Gasteiger partial charge in [0.25, 0.3) is 0 Å². The van der Waals surface area contributed by atoms with Gasteiger partial charge in [0.05, 0.1) is 44.8 Å². The summed E-state index contributed by atoms with van der Waals surface area (Å²) in [5, 5.41) is 19.2. The molecule has 1 aliphatic heterocycles. The van der Waals surface area contributed by atoms with E-state index in [0.29, 0.717) is 42.9 Å². The first-order valence-corrected chi connectivity index (χ1v) is 14.8. The number of anilines is 3. The molecule has 1 aliphatic carbocycles. The lowest BCUT2D eigenvalue weighted by molar-refractivity contribution is 0.0209. The van der Waals surface area contributed by atoms with E-state index >= 15 is 0 Å². The number of nitrogens with one attached hydrogen (secondary N) is 3. The van der Waals surface area contributed by atoms with Crippen LogP contribution in [0.5, 0.6) is 6.01 Å². The molecule has 1 saturated carbocycles. The van der Waals surface area contributed by atoms with Crippen molar-refractivity contribution in [3.63, 3.8) is 0 Å². The Morgan fingerprint density at radius 1 is 0.956 bits per heavy atom. The zero-order valence-corrected chi connectivity index (χ0v) is 24.8. The van der Waals surface area contributed by atoms with Gasteiger partial charge in [-0.3, -0.25) is 9.88 Å². The van der Waals surface area contributed by atoms with Crippen molar-refractivity contribution < 1.29 is 14.3 Å². The Labute approximate surface area is 260 Å². The molecule has 14 nitrogen and oxygen atoms in total. The van der Waals surface area contributed by atoms with Crippen LogP contribution in [0.1, 0.15) is 36.9 Å². The van der Waals surface area contributed by atoms with E-state index in [1.54, 1.807) is 29.7 Å². The van der Waals surface area contributed by atoms with Gasteiger partial charge in [-0.25, -0.2) is 24.7 Å². The zero-order chi connectivity index (χ0) is 31.0. The van der Waals surface area contributed by atoms with Gasteiger partial charge < -0.3 is 25.4 Å². The molecule has 3 N–H and O–H groups in total. The lowest BCUT2D eigenvalue weighted by Gasteiger charge is -2.36. The van der Waals surface area contributed by atoms with Crippen molar-refractivity contribution in [2.75, 3.05) is 35.9 Å². The Morgan fingerprint density at radius 2 is 1.76 bits per heavy atom. The molecule has 2 aliphatic rings. The average molecular weight is 608 g/mol. The number of aromatic nitrogens is 6. The van der Waals surface area contributed by atoms with Crippen LogP contribution in [0, 0.1) is 11.3 Å². The third-order valence-electron chi connectivity index (χ3n) is 7.79. The molecule has 0 radical (unpaired) electrons. The highest BCUT2D eigenvalue weighted by molar-refractivity contribution is 5.91. The Hall–Kier alpha value is -5.42. The normalized spacial score (nSPS) is 17.8. The molecule has 230 valence electrons. The second-order valence-electron chi connectivity index (χ2n) is 10.8. The van der Waals surface area contributed by atoms with E-state index in [0.717, 1.165) is 42.5 Å². The van der Waals surface area contributed by atoms with E-state index in [-0.39, 0.29) is 30.2 Å². The van der Waals surface area contributed by atoms with Crippen LogP contribution in [-0.2, 0) is 11.3 Å². The SMILES string of the molecule is COc1ncc(-c2ccc(N(C(=O)NCc3ccccn3)C3CCC(Nc4ncc(C#N)c(NC5COC5)n4)CC3)nc2)cn1. The number of carbonyl (C=O) groups is 1. The van der Waals surface area contributed by atoms with Crippen molar-refractivity contribution in [1.82, 2.24) is 35.2 Å². The summed E-state index contributed by atoms with van der Waals surface area (Å²) >= 11 is 0. The summed E-state index contributed by atoms with van der Waals surface area (Å²) < 4.78 is 10.3. The molecular weight excluding hydrogens is 574 g/mol. The second kappa shape index (κ2) is 13.9. The van der Waals surface area contributed by atoms with E-state index < -0.39 is 0 Å². The maximum Gasteiger partial charge on any atom is 0.323 e. The summed E-state index contributed by atoms with van der Waals surface area (Å²) in [7, 11) is 1.52. The van der Waals surface area contributed by atoms with Crippen molar-refractivity contribution in [2.45, 2.75) is 50.4 Å². The topological polar surface area (TPSA) is 176 Å². The fraction of sp³-hybridized carbons (Fsp3) is 0.355. The largest absolute Gasteiger partial charge is 0.467 e. The molecule has 0 unspecified atom stereocenters. The van der Waals surface area contributed by atoms with E-state index in [9.17, 15) is 10.1 Å². The van der Waals surface area contributed by atoms with Crippen molar-refractivity contribution in [2.24, 2.45) is 0 Å². The van der Waals surface area contributed by atoms with Crippen LogP contribution in [-0.4, -0.2) is 74.4 Å². The first kappa shape index (κ1) is 29.6. The summed E-state index contributed by atoms with van der Waals surface area (Å²) in [5.41, 5.74) is 2.77. The average Bonchev–Trinajstić information content (AvgIpc) is 3.07. The predicted molar refractivity (Wildman–Crippen MR) is 165 cm³/mol. The molecule has 0 atom stereocenters. The number of methoxy groups -OCH3 is 1. The fourth-order valence-corrected chi connectivity index (χ4v) is 5.30. The fourth-order valence-electron chi connectivity index (χ4n) is 5.30. The molecule has 0 bridgehead atoms. The maximum atomic E-state index is 13.7. The van der Waals surface area contributed by atoms with Gasteiger partial charge in [0.2, 0.25) is 5.95 Å². The van der Waals surface area contributed by atoms with Crippen LogP contribution >= 0.6 is 0 Å². The number of amides is 2. The van der Waals surface area contributed by atoms with E-state index in [2.05, 4.69) is 51.9 Å². The number of nitrogens with zero attached hydrogens (tertiary/aromatic N) is 8. The highest BCUT2D eigenvalue weighted by Gasteiger charge is 2.31. The van der Waals surface area contributed by atoms with E-state index in [1.165, 1.54) is 13.3 Å². The first-order valence-electron chi connectivity index (χ1n) is 14.8. The molecule has 2 fully saturated rings. The van der Waals surface area contributed by atoms with Gasteiger partial charge in [-0.1, -0.05) is 6.07 Å². The lowest BCUT2D eigenvalue weighted by atomic mass is 9.90. The van der Waals surface area contributed by atoms with Crippen molar-refractivity contribution >= 4 is 23.6 Å². The van der Waals surface area contributed by atoms with E-state index in [1.807, 2.05) is 30.3 Å². The van der Waals surface area contributed by atoms with Gasteiger partial charge in [0.15, 0.2) is 0 Å². The summed E-state index contributed by atoms with van der Waals surface area (Å²) in [5.74, 6) is 1.52. The monoisotopic (exact) mass is 607 g/mol. The number of ether oxygens (including phenoxy) is 2. The van der Waals surface area contributed by atoms with Crippen LogP contribution in [0.15, 0.2) is 61.3 Å². The lowest BCUT2D eigenvalue weighted by Crippen LogP contribution is -2.49. The summed E-state index contributed by atoms with van der Waals surface area (Å²) in [6, 6.07) is 11.7.